The Labute approximate surface area is 159 Å². The van der Waals surface area contributed by atoms with E-state index in [9.17, 15) is 13.2 Å². The zero-order valence-corrected chi connectivity index (χ0v) is 16.4. The molecular formula is C20H23N3O3S. The second-order valence-electron chi connectivity index (χ2n) is 6.80. The van der Waals surface area contributed by atoms with E-state index in [2.05, 4.69) is 4.98 Å². The highest BCUT2D eigenvalue weighted by atomic mass is 32.2. The second kappa shape index (κ2) is 7.26. The fourth-order valence-electron chi connectivity index (χ4n) is 3.27. The second-order valence-corrected chi connectivity index (χ2v) is 8.36. The molecule has 0 aliphatic carbocycles. The molecule has 2 aromatic carbocycles. The monoisotopic (exact) mass is 385 g/mol. The number of likely N-dealkylation sites (N-methyl/N-ethyl adjacent to an activating group) is 1. The number of H-pyrrole nitrogens is 1. The van der Waals surface area contributed by atoms with Crippen LogP contribution in [0.4, 0.5) is 0 Å². The van der Waals surface area contributed by atoms with E-state index < -0.39 is 10.0 Å². The molecule has 0 saturated carbocycles. The van der Waals surface area contributed by atoms with Gasteiger partial charge >= 0.3 is 0 Å². The molecule has 0 aliphatic heterocycles. The molecule has 3 N–H and O–H groups in total. The number of aromatic nitrogens is 1. The number of fused-ring (bicyclic) bond motifs is 1. The van der Waals surface area contributed by atoms with Crippen LogP contribution >= 0.6 is 0 Å². The minimum Gasteiger partial charge on any atom is -0.358 e. The lowest BCUT2D eigenvalue weighted by Gasteiger charge is -2.24. The number of carbonyl (C=O) groups excluding carboxylic acids is 1. The van der Waals surface area contributed by atoms with Gasteiger partial charge < -0.3 is 4.98 Å². The van der Waals surface area contributed by atoms with Crippen LogP contribution < -0.4 is 5.14 Å². The van der Waals surface area contributed by atoms with Crippen molar-refractivity contribution in [2.75, 3.05) is 13.6 Å². The van der Waals surface area contributed by atoms with Crippen LogP contribution in [0.15, 0.2) is 53.4 Å². The van der Waals surface area contributed by atoms with Gasteiger partial charge in [0.1, 0.15) is 0 Å². The van der Waals surface area contributed by atoms with Crippen LogP contribution in [0.1, 0.15) is 34.6 Å². The van der Waals surface area contributed by atoms with Crippen molar-refractivity contribution in [2.24, 2.45) is 5.14 Å². The molecule has 0 radical (unpaired) electrons. The average Bonchev–Trinajstić information content (AvgIpc) is 2.96. The van der Waals surface area contributed by atoms with E-state index in [1.54, 1.807) is 12.1 Å². The number of rotatable bonds is 6. The topological polar surface area (TPSA) is 96.3 Å². The van der Waals surface area contributed by atoms with E-state index in [0.717, 1.165) is 22.2 Å². The standard InChI is InChI=1S/C20H23N3O3S/c1-13-20(17-6-4-5-7-18(17)22-13)19(24)12-23(3)14(2)15-8-10-16(11-9-15)27(21,25)26/h4-11,14,22H,12H2,1-3H3,(H2,21,25,26)/t14-/m0/s1. The Kier molecular flexibility index (Phi) is 5.19. The number of nitrogens with zero attached hydrogens (tertiary/aromatic N) is 1. The third kappa shape index (κ3) is 3.95. The van der Waals surface area contributed by atoms with Crippen LogP contribution in [-0.4, -0.2) is 37.7 Å². The van der Waals surface area contributed by atoms with Crippen LogP contribution in [0.25, 0.3) is 10.9 Å². The number of para-hydroxylation sites is 1. The lowest BCUT2D eigenvalue weighted by Crippen LogP contribution is -2.29. The van der Waals surface area contributed by atoms with E-state index in [1.165, 1.54) is 12.1 Å². The van der Waals surface area contributed by atoms with Gasteiger partial charge in [-0.2, -0.15) is 0 Å². The number of aryl methyl sites for hydroxylation is 1. The van der Waals surface area contributed by atoms with Gasteiger partial charge in [-0.15, -0.1) is 0 Å². The van der Waals surface area contributed by atoms with E-state index in [0.29, 0.717) is 5.56 Å². The first-order valence-electron chi connectivity index (χ1n) is 8.62. The number of benzene rings is 2. The average molecular weight is 385 g/mol. The van der Waals surface area contributed by atoms with Gasteiger partial charge in [-0.3, -0.25) is 9.69 Å². The molecule has 3 aromatic rings. The molecule has 0 spiro atoms. The summed E-state index contributed by atoms with van der Waals surface area (Å²) in [4.78, 5) is 18.2. The van der Waals surface area contributed by atoms with Gasteiger partial charge in [0.2, 0.25) is 10.0 Å². The number of sulfonamides is 1. The highest BCUT2D eigenvalue weighted by Gasteiger charge is 2.20. The predicted molar refractivity (Wildman–Crippen MR) is 106 cm³/mol. The van der Waals surface area contributed by atoms with Gasteiger partial charge in [0.15, 0.2) is 5.78 Å². The number of nitrogens with two attached hydrogens (primary N) is 1. The lowest BCUT2D eigenvalue weighted by molar-refractivity contribution is 0.0926. The lowest BCUT2D eigenvalue weighted by atomic mass is 10.0. The molecule has 1 aromatic heterocycles. The Hall–Kier alpha value is -2.48. The fraction of sp³-hybridized carbons (Fsp3) is 0.250. The number of hydrogen-bond donors (Lipinski definition) is 2. The van der Waals surface area contributed by atoms with Crippen molar-refractivity contribution in [2.45, 2.75) is 24.8 Å². The highest BCUT2D eigenvalue weighted by molar-refractivity contribution is 7.89. The summed E-state index contributed by atoms with van der Waals surface area (Å²) in [5.74, 6) is 0.0421. The minimum atomic E-state index is -3.71. The molecular weight excluding hydrogens is 362 g/mol. The molecule has 1 atom stereocenters. The highest BCUT2D eigenvalue weighted by Crippen LogP contribution is 2.25. The maximum absolute atomic E-state index is 12.9. The van der Waals surface area contributed by atoms with Crippen LogP contribution in [0.3, 0.4) is 0 Å². The molecule has 0 amide bonds. The summed E-state index contributed by atoms with van der Waals surface area (Å²) in [5.41, 5.74) is 3.44. The summed E-state index contributed by atoms with van der Waals surface area (Å²) in [6.07, 6.45) is 0. The van der Waals surface area contributed by atoms with E-state index >= 15 is 0 Å². The zero-order chi connectivity index (χ0) is 19.8. The molecule has 7 heteroatoms. The smallest absolute Gasteiger partial charge is 0.238 e. The van der Waals surface area contributed by atoms with E-state index in [1.807, 2.05) is 50.1 Å². The number of aromatic amines is 1. The first-order valence-corrected chi connectivity index (χ1v) is 10.2. The summed E-state index contributed by atoms with van der Waals surface area (Å²) in [6.45, 7) is 4.13. The molecule has 142 valence electrons. The Morgan fingerprint density at radius 3 is 2.41 bits per heavy atom. The molecule has 1 heterocycles. The summed E-state index contributed by atoms with van der Waals surface area (Å²) >= 11 is 0. The molecule has 0 unspecified atom stereocenters. The van der Waals surface area contributed by atoms with Crippen molar-refractivity contribution in [3.63, 3.8) is 0 Å². The number of ketones is 1. The van der Waals surface area contributed by atoms with Gasteiger partial charge in [-0.25, -0.2) is 13.6 Å². The van der Waals surface area contributed by atoms with E-state index in [4.69, 9.17) is 5.14 Å². The van der Waals surface area contributed by atoms with Crippen molar-refractivity contribution in [1.82, 2.24) is 9.88 Å². The third-order valence-electron chi connectivity index (χ3n) is 4.92. The van der Waals surface area contributed by atoms with Crippen molar-refractivity contribution < 1.29 is 13.2 Å². The van der Waals surface area contributed by atoms with Gasteiger partial charge in [-0.05, 0) is 44.7 Å². The summed E-state index contributed by atoms with van der Waals surface area (Å²) in [7, 11) is -1.84. The van der Waals surface area contributed by atoms with Crippen LogP contribution in [0.5, 0.6) is 0 Å². The van der Waals surface area contributed by atoms with Crippen LogP contribution in [0.2, 0.25) is 0 Å². The maximum Gasteiger partial charge on any atom is 0.238 e. The van der Waals surface area contributed by atoms with Crippen LogP contribution in [-0.2, 0) is 10.0 Å². The zero-order valence-electron chi connectivity index (χ0n) is 15.6. The number of primary sulfonamides is 1. The van der Waals surface area contributed by atoms with Crippen molar-refractivity contribution >= 4 is 26.7 Å². The SMILES string of the molecule is Cc1[nH]c2ccccc2c1C(=O)CN(C)[C@@H](C)c1ccc(S(N)(=O)=O)cc1. The largest absolute Gasteiger partial charge is 0.358 e. The number of carbonyl (C=O) groups is 1. The molecule has 6 nitrogen and oxygen atoms in total. The van der Waals surface area contributed by atoms with Crippen molar-refractivity contribution in [3.8, 4) is 0 Å². The third-order valence-corrected chi connectivity index (χ3v) is 5.85. The molecule has 27 heavy (non-hydrogen) atoms. The molecule has 0 aliphatic rings. The summed E-state index contributed by atoms with van der Waals surface area (Å²) in [6, 6.07) is 14.1. The first kappa shape index (κ1) is 19.3. The van der Waals surface area contributed by atoms with Crippen molar-refractivity contribution in [3.05, 3.63) is 65.4 Å². The fourth-order valence-corrected chi connectivity index (χ4v) is 3.78. The first-order chi connectivity index (χ1) is 12.7. The Balaban J connectivity index is 1.78. The normalized spacial score (nSPS) is 13.2. The van der Waals surface area contributed by atoms with Gasteiger partial charge in [-0.1, -0.05) is 30.3 Å². The predicted octanol–water partition coefficient (Wildman–Crippen LogP) is 3.00. The van der Waals surface area contributed by atoms with Gasteiger partial charge in [0.05, 0.1) is 11.4 Å². The van der Waals surface area contributed by atoms with Crippen LogP contribution in [0, 0.1) is 6.92 Å². The Morgan fingerprint density at radius 1 is 1.15 bits per heavy atom. The molecule has 0 fully saturated rings. The van der Waals surface area contributed by atoms with E-state index in [-0.39, 0.29) is 23.3 Å². The van der Waals surface area contributed by atoms with Crippen molar-refractivity contribution in [1.29, 1.82) is 0 Å². The number of Topliss-reactive ketones (excluding diaryl/α,β-unsaturated/α-hetero) is 1. The van der Waals surface area contributed by atoms with Gasteiger partial charge in [0.25, 0.3) is 0 Å². The maximum atomic E-state index is 12.9. The Morgan fingerprint density at radius 2 is 1.78 bits per heavy atom. The number of hydrogen-bond acceptors (Lipinski definition) is 4. The quantitative estimate of drug-likeness (QED) is 0.638. The molecule has 0 bridgehead atoms. The van der Waals surface area contributed by atoms with Gasteiger partial charge in [0, 0.05) is 28.2 Å². The molecule has 3 rings (SSSR count). The minimum absolute atomic E-state index is 0.0421. The molecule has 0 saturated heterocycles. The number of nitrogens with one attached hydrogen (secondary N) is 1. The summed E-state index contributed by atoms with van der Waals surface area (Å²) < 4.78 is 22.8. The Bertz CT molecular complexity index is 1090. The summed E-state index contributed by atoms with van der Waals surface area (Å²) in [5, 5.41) is 6.07.